The summed E-state index contributed by atoms with van der Waals surface area (Å²) in [6, 6.07) is 87.9. The summed E-state index contributed by atoms with van der Waals surface area (Å²) >= 11 is 0. The van der Waals surface area contributed by atoms with Crippen LogP contribution in [0.1, 0.15) is 22.5 Å². The first-order valence-corrected chi connectivity index (χ1v) is 22.0. The van der Waals surface area contributed by atoms with E-state index >= 15 is 0 Å². The highest BCUT2D eigenvalue weighted by molar-refractivity contribution is 6.07. The minimum atomic E-state index is -0.787. The van der Waals surface area contributed by atoms with Gasteiger partial charge in [0.2, 0.25) is 0 Å². The Hall–Kier alpha value is -8.40. The Labute approximate surface area is 372 Å². The van der Waals surface area contributed by atoms with Crippen molar-refractivity contribution in [2.24, 2.45) is 0 Å². The van der Waals surface area contributed by atoms with Gasteiger partial charge in [-0.1, -0.05) is 170 Å². The SMILES string of the molecule is c1ccc(N(c2ccc(-c3cccc4ccccc34)cc2)c2ccc3c(c2)C2(c4ccccc4-3)c3oc4ccccc4c3-c3cccc(N(c4ccccc4)c4ccccc4)c32)cc1. The van der Waals surface area contributed by atoms with Crippen molar-refractivity contribution in [1.82, 2.24) is 0 Å². The van der Waals surface area contributed by atoms with Crippen LogP contribution in [0.4, 0.5) is 34.1 Å². The molecule has 0 bridgehead atoms. The lowest BCUT2D eigenvalue weighted by molar-refractivity contribution is 0.507. The first kappa shape index (κ1) is 36.3. The minimum absolute atomic E-state index is 0.787. The van der Waals surface area contributed by atoms with Gasteiger partial charge >= 0.3 is 0 Å². The molecule has 2 aliphatic carbocycles. The molecule has 0 saturated heterocycles. The maximum Gasteiger partial charge on any atom is 0.135 e. The second kappa shape index (κ2) is 14.3. The quantitative estimate of drug-likeness (QED) is 0.160. The van der Waals surface area contributed by atoms with E-state index in [1.165, 1.54) is 55.3 Å². The lowest BCUT2D eigenvalue weighted by Crippen LogP contribution is -2.28. The molecule has 300 valence electrons. The molecule has 13 rings (SSSR count). The molecule has 10 aromatic carbocycles. The molecule has 1 spiro atoms. The molecule has 0 amide bonds. The van der Waals surface area contributed by atoms with Crippen molar-refractivity contribution in [3.8, 4) is 33.4 Å². The zero-order chi connectivity index (χ0) is 42.2. The van der Waals surface area contributed by atoms with E-state index < -0.39 is 5.41 Å². The molecule has 11 aromatic rings. The van der Waals surface area contributed by atoms with Crippen LogP contribution in [-0.4, -0.2) is 0 Å². The number of benzene rings is 10. The number of fused-ring (bicyclic) bond motifs is 13. The van der Waals surface area contributed by atoms with Gasteiger partial charge in [0.25, 0.3) is 0 Å². The highest BCUT2D eigenvalue weighted by Gasteiger charge is 2.57. The van der Waals surface area contributed by atoms with Crippen molar-refractivity contribution >= 4 is 55.9 Å². The summed E-state index contributed by atoms with van der Waals surface area (Å²) in [5, 5.41) is 3.61. The van der Waals surface area contributed by atoms with E-state index in [9.17, 15) is 0 Å². The van der Waals surface area contributed by atoms with E-state index in [-0.39, 0.29) is 0 Å². The molecule has 1 aromatic heterocycles. The van der Waals surface area contributed by atoms with Crippen LogP contribution >= 0.6 is 0 Å². The van der Waals surface area contributed by atoms with Gasteiger partial charge in [-0.15, -0.1) is 0 Å². The molecule has 1 unspecified atom stereocenters. The summed E-state index contributed by atoms with van der Waals surface area (Å²) in [5.41, 5.74) is 17.5. The third kappa shape index (κ3) is 5.28. The van der Waals surface area contributed by atoms with Crippen LogP contribution in [0.15, 0.2) is 247 Å². The second-order valence-corrected chi connectivity index (χ2v) is 16.8. The van der Waals surface area contributed by atoms with Gasteiger partial charge in [-0.25, -0.2) is 0 Å². The fraction of sp³-hybridized carbons (Fsp3) is 0.0164. The van der Waals surface area contributed by atoms with Gasteiger partial charge in [0.05, 0.1) is 5.69 Å². The first-order valence-electron chi connectivity index (χ1n) is 22.0. The molecular weight excluding hydrogens is 777 g/mol. The van der Waals surface area contributed by atoms with Crippen molar-refractivity contribution in [1.29, 1.82) is 0 Å². The third-order valence-electron chi connectivity index (χ3n) is 13.4. The topological polar surface area (TPSA) is 19.6 Å². The number of nitrogens with zero attached hydrogens (tertiary/aromatic N) is 2. The number of furan rings is 1. The van der Waals surface area contributed by atoms with E-state index in [1.54, 1.807) is 0 Å². The maximum absolute atomic E-state index is 7.31. The molecule has 0 N–H and O–H groups in total. The van der Waals surface area contributed by atoms with E-state index in [4.69, 9.17) is 4.42 Å². The summed E-state index contributed by atoms with van der Waals surface area (Å²) in [6.07, 6.45) is 0. The number of para-hydroxylation sites is 4. The van der Waals surface area contributed by atoms with E-state index in [2.05, 4.69) is 252 Å². The molecule has 64 heavy (non-hydrogen) atoms. The van der Waals surface area contributed by atoms with Crippen LogP contribution in [0.25, 0.3) is 55.1 Å². The number of hydrogen-bond acceptors (Lipinski definition) is 3. The van der Waals surface area contributed by atoms with Crippen LogP contribution in [0.2, 0.25) is 0 Å². The minimum Gasteiger partial charge on any atom is -0.459 e. The third-order valence-corrected chi connectivity index (χ3v) is 13.4. The van der Waals surface area contributed by atoms with Crippen LogP contribution in [0.3, 0.4) is 0 Å². The van der Waals surface area contributed by atoms with Crippen molar-refractivity contribution in [3.63, 3.8) is 0 Å². The average molecular weight is 817 g/mol. The van der Waals surface area contributed by atoms with Crippen molar-refractivity contribution in [2.45, 2.75) is 5.41 Å². The predicted molar refractivity (Wildman–Crippen MR) is 265 cm³/mol. The molecule has 0 saturated carbocycles. The van der Waals surface area contributed by atoms with E-state index in [0.717, 1.165) is 56.4 Å². The first-order chi connectivity index (χ1) is 31.8. The van der Waals surface area contributed by atoms with Gasteiger partial charge in [0, 0.05) is 45.0 Å². The summed E-state index contributed by atoms with van der Waals surface area (Å²) in [5.74, 6) is 0.964. The van der Waals surface area contributed by atoms with E-state index in [1.807, 2.05) is 0 Å². The molecule has 1 atom stereocenters. The zero-order valence-corrected chi connectivity index (χ0v) is 34.9. The summed E-state index contributed by atoms with van der Waals surface area (Å²) in [4.78, 5) is 4.82. The van der Waals surface area contributed by atoms with Crippen LogP contribution in [0, 0.1) is 0 Å². The summed E-state index contributed by atoms with van der Waals surface area (Å²) in [7, 11) is 0. The van der Waals surface area contributed by atoms with Gasteiger partial charge in [-0.2, -0.15) is 0 Å². The van der Waals surface area contributed by atoms with Crippen molar-refractivity contribution in [2.75, 3.05) is 9.80 Å². The van der Waals surface area contributed by atoms with Gasteiger partial charge in [-0.05, 0) is 123 Å². The highest BCUT2D eigenvalue weighted by atomic mass is 16.3. The molecule has 2 aliphatic rings. The number of rotatable bonds is 7. The maximum atomic E-state index is 7.31. The largest absolute Gasteiger partial charge is 0.459 e. The molecule has 0 fully saturated rings. The molecule has 0 radical (unpaired) electrons. The molecule has 3 nitrogen and oxygen atoms in total. The molecular formula is C61H40N2O. The fourth-order valence-corrected chi connectivity index (χ4v) is 10.8. The number of hydrogen-bond donors (Lipinski definition) is 0. The monoisotopic (exact) mass is 816 g/mol. The molecule has 1 heterocycles. The van der Waals surface area contributed by atoms with Gasteiger partial charge in [0.15, 0.2) is 0 Å². The zero-order valence-electron chi connectivity index (χ0n) is 34.9. The Bertz CT molecular complexity index is 3510. The number of anilines is 6. The lowest BCUT2D eigenvalue weighted by Gasteiger charge is -2.35. The predicted octanol–water partition coefficient (Wildman–Crippen LogP) is 16.5. The van der Waals surface area contributed by atoms with Crippen molar-refractivity contribution in [3.05, 3.63) is 265 Å². The van der Waals surface area contributed by atoms with Crippen LogP contribution < -0.4 is 9.80 Å². The fourth-order valence-electron chi connectivity index (χ4n) is 10.8. The second-order valence-electron chi connectivity index (χ2n) is 16.8. The normalized spacial score (nSPS) is 14.3. The Kier molecular flexibility index (Phi) is 8.13. The highest BCUT2D eigenvalue weighted by Crippen LogP contribution is 2.67. The summed E-state index contributed by atoms with van der Waals surface area (Å²) < 4.78 is 7.31. The Morgan fingerprint density at radius 2 is 0.875 bits per heavy atom. The standard InChI is InChI=1S/C61H40N2O/c1-4-20-43(21-5-1)62(46-36-34-42(35-37-46)49-29-16-19-41-18-10-11-26-48(41)49)47-38-39-51-50-27-12-14-31-54(50)61(55(51)40-47)59-53(58-52-28-13-15-33-57(52)64-60(58)61)30-17-32-56(59)63(44-22-6-2-7-23-44)45-24-8-3-9-25-45/h1-40H. The van der Waals surface area contributed by atoms with Gasteiger partial charge in [-0.3, -0.25) is 0 Å². The van der Waals surface area contributed by atoms with Crippen LogP contribution in [0.5, 0.6) is 0 Å². The molecule has 0 aliphatic heterocycles. The van der Waals surface area contributed by atoms with Crippen molar-refractivity contribution < 1.29 is 4.42 Å². The lowest BCUT2D eigenvalue weighted by atomic mass is 9.72. The van der Waals surface area contributed by atoms with Gasteiger partial charge in [0.1, 0.15) is 16.8 Å². The van der Waals surface area contributed by atoms with Crippen LogP contribution in [-0.2, 0) is 5.41 Å². The Balaban J connectivity index is 1.08. The Morgan fingerprint density at radius 1 is 0.344 bits per heavy atom. The average Bonchev–Trinajstić information content (AvgIpc) is 3.99. The summed E-state index contributed by atoms with van der Waals surface area (Å²) in [6.45, 7) is 0. The molecule has 3 heteroatoms. The van der Waals surface area contributed by atoms with E-state index in [0.29, 0.717) is 0 Å². The Morgan fingerprint density at radius 3 is 1.62 bits per heavy atom. The van der Waals surface area contributed by atoms with Gasteiger partial charge < -0.3 is 14.2 Å². The smallest absolute Gasteiger partial charge is 0.135 e.